The summed E-state index contributed by atoms with van der Waals surface area (Å²) in [5.41, 5.74) is 2.68. The summed E-state index contributed by atoms with van der Waals surface area (Å²) in [6.07, 6.45) is 0.822. The van der Waals surface area contributed by atoms with Crippen molar-refractivity contribution in [3.63, 3.8) is 0 Å². The van der Waals surface area contributed by atoms with E-state index < -0.39 is 6.04 Å². The molecule has 30 heavy (non-hydrogen) atoms. The normalized spacial score (nSPS) is 12.8. The monoisotopic (exact) mass is 430 g/mol. The number of carbonyl (C=O) groups excluding carboxylic acids is 2. The molecule has 0 radical (unpaired) electrons. The number of halogens is 1. The second-order valence-corrected chi connectivity index (χ2v) is 8.57. The highest BCUT2D eigenvalue weighted by Crippen LogP contribution is 2.18. The molecular formula is C24H31FN2O2S. The molecule has 2 unspecified atom stereocenters. The first kappa shape index (κ1) is 23.9. The van der Waals surface area contributed by atoms with Gasteiger partial charge < -0.3 is 10.2 Å². The number of rotatable bonds is 10. The summed E-state index contributed by atoms with van der Waals surface area (Å²) < 4.78 is 13.8. The lowest BCUT2D eigenvalue weighted by Gasteiger charge is -2.29. The minimum Gasteiger partial charge on any atom is -0.352 e. The average molecular weight is 431 g/mol. The Labute approximate surface area is 183 Å². The smallest absolute Gasteiger partial charge is 0.242 e. The van der Waals surface area contributed by atoms with E-state index in [0.717, 1.165) is 17.5 Å². The third-order valence-corrected chi connectivity index (χ3v) is 6.05. The topological polar surface area (TPSA) is 49.4 Å². The van der Waals surface area contributed by atoms with E-state index in [0.29, 0.717) is 17.9 Å². The molecule has 0 aromatic heterocycles. The Morgan fingerprint density at radius 3 is 2.40 bits per heavy atom. The van der Waals surface area contributed by atoms with Crippen molar-refractivity contribution < 1.29 is 14.0 Å². The fraction of sp³-hybridized carbons (Fsp3) is 0.417. The first-order valence-corrected chi connectivity index (χ1v) is 11.4. The second-order valence-electron chi connectivity index (χ2n) is 7.59. The standard InChI is InChI=1S/C24H31FN2O2S/c1-5-18(3)26-24(29)19(4)27(14-20-12-10-17(2)11-13-20)23(28)16-30-15-21-8-6-7-9-22(21)25/h6-13,18-19H,5,14-16H2,1-4H3,(H,26,29). The van der Waals surface area contributed by atoms with Crippen molar-refractivity contribution in [1.29, 1.82) is 0 Å². The molecule has 0 aliphatic carbocycles. The molecule has 0 aliphatic heterocycles. The van der Waals surface area contributed by atoms with E-state index in [1.165, 1.54) is 17.8 Å². The number of carbonyl (C=O) groups is 2. The highest BCUT2D eigenvalue weighted by Gasteiger charge is 2.26. The molecule has 0 aliphatic rings. The quantitative estimate of drug-likeness (QED) is 0.594. The van der Waals surface area contributed by atoms with Crippen molar-refractivity contribution in [2.45, 2.75) is 58.5 Å². The first-order chi connectivity index (χ1) is 14.3. The van der Waals surface area contributed by atoms with Crippen LogP contribution in [0, 0.1) is 12.7 Å². The molecule has 6 heteroatoms. The molecule has 2 amide bonds. The van der Waals surface area contributed by atoms with Gasteiger partial charge in [-0.05, 0) is 44.4 Å². The van der Waals surface area contributed by atoms with Crippen molar-refractivity contribution in [2.75, 3.05) is 5.75 Å². The summed E-state index contributed by atoms with van der Waals surface area (Å²) in [6, 6.07) is 14.0. The summed E-state index contributed by atoms with van der Waals surface area (Å²) >= 11 is 1.35. The SMILES string of the molecule is CCC(C)NC(=O)C(C)N(Cc1ccc(C)cc1)C(=O)CSCc1ccccc1F. The molecule has 1 N–H and O–H groups in total. The van der Waals surface area contributed by atoms with Crippen LogP contribution in [0.25, 0.3) is 0 Å². The van der Waals surface area contributed by atoms with Crippen molar-refractivity contribution in [1.82, 2.24) is 10.2 Å². The third-order valence-electron chi connectivity index (χ3n) is 5.08. The molecule has 0 spiro atoms. The van der Waals surface area contributed by atoms with Crippen LogP contribution in [0.3, 0.4) is 0 Å². The molecule has 0 bridgehead atoms. The number of nitrogens with one attached hydrogen (secondary N) is 1. The zero-order valence-corrected chi connectivity index (χ0v) is 19.0. The molecule has 4 nitrogen and oxygen atoms in total. The van der Waals surface area contributed by atoms with Crippen LogP contribution in [0.1, 0.15) is 43.9 Å². The van der Waals surface area contributed by atoms with Crippen LogP contribution in [0.15, 0.2) is 48.5 Å². The summed E-state index contributed by atoms with van der Waals surface area (Å²) in [6.45, 7) is 8.07. The van der Waals surface area contributed by atoms with Crippen LogP contribution < -0.4 is 5.32 Å². The molecule has 0 fully saturated rings. The van der Waals surface area contributed by atoms with Crippen LogP contribution >= 0.6 is 11.8 Å². The Kier molecular flexibility index (Phi) is 9.37. The minimum absolute atomic E-state index is 0.0479. The van der Waals surface area contributed by atoms with Gasteiger partial charge in [-0.1, -0.05) is 55.0 Å². The fourth-order valence-electron chi connectivity index (χ4n) is 2.88. The lowest BCUT2D eigenvalue weighted by Crippen LogP contribution is -2.50. The van der Waals surface area contributed by atoms with Gasteiger partial charge >= 0.3 is 0 Å². The number of hydrogen-bond acceptors (Lipinski definition) is 3. The molecular weight excluding hydrogens is 399 g/mol. The van der Waals surface area contributed by atoms with E-state index >= 15 is 0 Å². The van der Waals surface area contributed by atoms with Crippen LogP contribution in [0.5, 0.6) is 0 Å². The van der Waals surface area contributed by atoms with Gasteiger partial charge in [0.15, 0.2) is 0 Å². The van der Waals surface area contributed by atoms with Crippen molar-refractivity contribution in [2.24, 2.45) is 0 Å². The fourth-order valence-corrected chi connectivity index (χ4v) is 3.78. The van der Waals surface area contributed by atoms with E-state index in [4.69, 9.17) is 0 Å². The van der Waals surface area contributed by atoms with Crippen molar-refractivity contribution in [3.8, 4) is 0 Å². The second kappa shape index (κ2) is 11.7. The first-order valence-electron chi connectivity index (χ1n) is 10.3. The van der Waals surface area contributed by atoms with Gasteiger partial charge in [0, 0.05) is 18.3 Å². The van der Waals surface area contributed by atoms with Crippen LogP contribution in [-0.4, -0.2) is 34.6 Å². The highest BCUT2D eigenvalue weighted by atomic mass is 32.2. The molecule has 0 saturated carbocycles. The number of benzene rings is 2. The van der Waals surface area contributed by atoms with E-state index in [2.05, 4.69) is 5.32 Å². The number of amides is 2. The maximum atomic E-state index is 13.8. The van der Waals surface area contributed by atoms with Crippen LogP contribution in [0.4, 0.5) is 4.39 Å². The highest BCUT2D eigenvalue weighted by molar-refractivity contribution is 7.99. The molecule has 162 valence electrons. The van der Waals surface area contributed by atoms with Gasteiger partial charge in [-0.3, -0.25) is 9.59 Å². The Balaban J connectivity index is 2.08. The van der Waals surface area contributed by atoms with Gasteiger partial charge in [-0.2, -0.15) is 0 Å². The summed E-state index contributed by atoms with van der Waals surface area (Å²) in [4.78, 5) is 27.3. The van der Waals surface area contributed by atoms with E-state index in [9.17, 15) is 14.0 Å². The van der Waals surface area contributed by atoms with Gasteiger partial charge in [0.25, 0.3) is 0 Å². The Morgan fingerprint density at radius 1 is 1.10 bits per heavy atom. The number of nitrogens with zero attached hydrogens (tertiary/aromatic N) is 1. The lowest BCUT2D eigenvalue weighted by molar-refractivity contribution is -0.138. The summed E-state index contributed by atoms with van der Waals surface area (Å²) in [7, 11) is 0. The van der Waals surface area contributed by atoms with E-state index in [-0.39, 0.29) is 29.4 Å². The molecule has 2 atom stereocenters. The van der Waals surface area contributed by atoms with Gasteiger partial charge in [-0.15, -0.1) is 11.8 Å². The van der Waals surface area contributed by atoms with Gasteiger partial charge in [-0.25, -0.2) is 4.39 Å². The predicted octanol–water partition coefficient (Wildman–Crippen LogP) is 4.70. The third kappa shape index (κ3) is 7.17. The lowest BCUT2D eigenvalue weighted by atomic mass is 10.1. The number of aryl methyl sites for hydroxylation is 1. The van der Waals surface area contributed by atoms with Crippen molar-refractivity contribution >= 4 is 23.6 Å². The Hall–Kier alpha value is -2.34. The van der Waals surface area contributed by atoms with Crippen LogP contribution in [-0.2, 0) is 21.9 Å². The molecule has 2 aromatic carbocycles. The maximum absolute atomic E-state index is 13.8. The maximum Gasteiger partial charge on any atom is 0.242 e. The molecule has 2 aromatic rings. The molecule has 0 heterocycles. The van der Waals surface area contributed by atoms with E-state index in [1.807, 2.05) is 45.0 Å². The summed E-state index contributed by atoms with van der Waals surface area (Å²) in [5, 5.41) is 2.96. The van der Waals surface area contributed by atoms with Gasteiger partial charge in [0.1, 0.15) is 11.9 Å². The van der Waals surface area contributed by atoms with Gasteiger partial charge in [0.05, 0.1) is 5.75 Å². The predicted molar refractivity (Wildman–Crippen MR) is 122 cm³/mol. The number of thioether (sulfide) groups is 1. The molecule has 2 rings (SSSR count). The zero-order valence-electron chi connectivity index (χ0n) is 18.2. The largest absolute Gasteiger partial charge is 0.352 e. The average Bonchev–Trinajstić information content (AvgIpc) is 2.73. The number of hydrogen-bond donors (Lipinski definition) is 1. The van der Waals surface area contributed by atoms with Crippen molar-refractivity contribution in [3.05, 3.63) is 71.0 Å². The Bertz CT molecular complexity index is 841. The van der Waals surface area contributed by atoms with Crippen LogP contribution in [0.2, 0.25) is 0 Å². The minimum atomic E-state index is -0.595. The zero-order chi connectivity index (χ0) is 22.1. The Morgan fingerprint density at radius 2 is 1.77 bits per heavy atom. The van der Waals surface area contributed by atoms with E-state index in [1.54, 1.807) is 30.0 Å². The van der Waals surface area contributed by atoms with Gasteiger partial charge in [0.2, 0.25) is 11.8 Å². The summed E-state index contributed by atoms with van der Waals surface area (Å²) in [5.74, 6) is 0.0219. The molecule has 0 saturated heterocycles.